The van der Waals surface area contributed by atoms with Crippen molar-refractivity contribution >= 4 is 75.1 Å². The SMILES string of the molecule is c1ccc(-c2cccc(-c3ccc4sc5cccc(-n6c7ccccc7c7ccc8c9ccccc9n(-c9ccccc9)c8c76)c5c4c3)c2)cc1. The van der Waals surface area contributed by atoms with Crippen molar-refractivity contribution in [2.24, 2.45) is 0 Å². The lowest BCUT2D eigenvalue weighted by Gasteiger charge is -2.14. The van der Waals surface area contributed by atoms with Gasteiger partial charge in [0.05, 0.1) is 27.8 Å². The summed E-state index contributed by atoms with van der Waals surface area (Å²) in [5, 5.41) is 7.61. The van der Waals surface area contributed by atoms with E-state index < -0.39 is 0 Å². The largest absolute Gasteiger partial charge is 0.307 e. The fourth-order valence-corrected chi connectivity index (χ4v) is 9.39. The number of nitrogens with zero attached hydrogens (tertiary/aromatic N) is 2. The minimum Gasteiger partial charge on any atom is -0.307 e. The average molecular weight is 667 g/mol. The molecule has 8 aromatic carbocycles. The molecule has 0 saturated carbocycles. The molecule has 238 valence electrons. The van der Waals surface area contributed by atoms with Crippen LogP contribution < -0.4 is 0 Å². The van der Waals surface area contributed by atoms with Gasteiger partial charge in [-0.15, -0.1) is 11.3 Å². The first kappa shape index (κ1) is 28.4. The molecular weight excluding hydrogens is 637 g/mol. The van der Waals surface area contributed by atoms with Crippen LogP contribution in [0.5, 0.6) is 0 Å². The van der Waals surface area contributed by atoms with Gasteiger partial charge in [-0.25, -0.2) is 0 Å². The summed E-state index contributed by atoms with van der Waals surface area (Å²) in [4.78, 5) is 0. The van der Waals surface area contributed by atoms with Crippen molar-refractivity contribution in [3.63, 3.8) is 0 Å². The Morgan fingerprint density at radius 1 is 0.333 bits per heavy atom. The van der Waals surface area contributed by atoms with Crippen LogP contribution in [0.1, 0.15) is 0 Å². The van der Waals surface area contributed by atoms with Gasteiger partial charge in [-0.05, 0) is 76.9 Å². The Morgan fingerprint density at radius 2 is 0.902 bits per heavy atom. The lowest BCUT2D eigenvalue weighted by molar-refractivity contribution is 1.16. The molecule has 0 aliphatic heterocycles. The van der Waals surface area contributed by atoms with E-state index in [9.17, 15) is 0 Å². The van der Waals surface area contributed by atoms with Gasteiger partial charge in [0, 0.05) is 47.4 Å². The second-order valence-electron chi connectivity index (χ2n) is 13.3. The van der Waals surface area contributed by atoms with Gasteiger partial charge in [-0.1, -0.05) is 127 Å². The smallest absolute Gasteiger partial charge is 0.0789 e. The van der Waals surface area contributed by atoms with Crippen molar-refractivity contribution in [2.75, 3.05) is 0 Å². The van der Waals surface area contributed by atoms with Crippen molar-refractivity contribution in [1.82, 2.24) is 9.13 Å². The number of fused-ring (bicyclic) bond motifs is 10. The lowest BCUT2D eigenvalue weighted by atomic mass is 9.98. The molecule has 0 spiro atoms. The summed E-state index contributed by atoms with van der Waals surface area (Å²) in [6.45, 7) is 0. The fraction of sp³-hybridized carbons (Fsp3) is 0. The van der Waals surface area contributed by atoms with E-state index in [4.69, 9.17) is 0 Å². The highest BCUT2D eigenvalue weighted by Crippen LogP contribution is 2.45. The van der Waals surface area contributed by atoms with Crippen LogP contribution in [0.2, 0.25) is 0 Å². The molecule has 0 atom stereocenters. The molecule has 0 bridgehead atoms. The van der Waals surface area contributed by atoms with Crippen LogP contribution in [-0.4, -0.2) is 9.13 Å². The van der Waals surface area contributed by atoms with Crippen LogP contribution in [0.4, 0.5) is 0 Å². The van der Waals surface area contributed by atoms with Gasteiger partial charge in [0.25, 0.3) is 0 Å². The zero-order valence-corrected chi connectivity index (χ0v) is 28.4. The van der Waals surface area contributed by atoms with Gasteiger partial charge < -0.3 is 9.13 Å². The molecule has 0 amide bonds. The molecule has 0 aliphatic rings. The van der Waals surface area contributed by atoms with E-state index in [2.05, 4.69) is 191 Å². The Morgan fingerprint density at radius 3 is 1.65 bits per heavy atom. The quantitative estimate of drug-likeness (QED) is 0.177. The van der Waals surface area contributed by atoms with Crippen molar-refractivity contribution in [3.05, 3.63) is 182 Å². The molecule has 0 saturated heterocycles. The molecule has 3 heterocycles. The average Bonchev–Trinajstić information content (AvgIpc) is 3.86. The van der Waals surface area contributed by atoms with Crippen LogP contribution in [-0.2, 0) is 0 Å². The summed E-state index contributed by atoms with van der Waals surface area (Å²) >= 11 is 1.88. The molecule has 3 heteroatoms. The summed E-state index contributed by atoms with van der Waals surface area (Å²) in [7, 11) is 0. The number of hydrogen-bond acceptors (Lipinski definition) is 1. The normalized spacial score (nSPS) is 11.9. The van der Waals surface area contributed by atoms with Crippen LogP contribution >= 0.6 is 11.3 Å². The molecule has 3 aromatic heterocycles. The van der Waals surface area contributed by atoms with Crippen LogP contribution in [0, 0.1) is 0 Å². The molecule has 0 radical (unpaired) electrons. The van der Waals surface area contributed by atoms with E-state index in [0.717, 1.165) is 5.69 Å². The molecule has 11 aromatic rings. The fourth-order valence-electron chi connectivity index (χ4n) is 8.28. The van der Waals surface area contributed by atoms with Crippen molar-refractivity contribution < 1.29 is 0 Å². The maximum absolute atomic E-state index is 2.54. The minimum absolute atomic E-state index is 1.16. The maximum Gasteiger partial charge on any atom is 0.0789 e. The molecule has 2 nitrogen and oxygen atoms in total. The Balaban J connectivity index is 1.24. The second-order valence-corrected chi connectivity index (χ2v) is 14.4. The molecule has 0 unspecified atom stereocenters. The first-order chi connectivity index (χ1) is 25.3. The van der Waals surface area contributed by atoms with E-state index in [1.54, 1.807) is 0 Å². The molecule has 11 rings (SSSR count). The van der Waals surface area contributed by atoms with Crippen LogP contribution in [0.25, 0.3) is 97.4 Å². The van der Waals surface area contributed by atoms with Gasteiger partial charge in [-0.3, -0.25) is 0 Å². The molecular formula is C48H30N2S. The Hall–Kier alpha value is -6.42. The Labute approximate surface area is 298 Å². The summed E-state index contributed by atoms with van der Waals surface area (Å²) in [6, 6.07) is 66.6. The third kappa shape index (κ3) is 4.22. The van der Waals surface area contributed by atoms with E-state index in [0.29, 0.717) is 0 Å². The molecule has 0 N–H and O–H groups in total. The van der Waals surface area contributed by atoms with E-state index in [1.807, 2.05) is 11.3 Å². The van der Waals surface area contributed by atoms with Crippen molar-refractivity contribution in [1.29, 1.82) is 0 Å². The number of para-hydroxylation sites is 3. The number of rotatable bonds is 4. The zero-order chi connectivity index (χ0) is 33.5. The van der Waals surface area contributed by atoms with Gasteiger partial charge >= 0.3 is 0 Å². The predicted molar refractivity (Wildman–Crippen MR) is 219 cm³/mol. The van der Waals surface area contributed by atoms with Crippen LogP contribution in [0.15, 0.2) is 182 Å². The topological polar surface area (TPSA) is 9.86 Å². The van der Waals surface area contributed by atoms with Crippen molar-refractivity contribution in [3.8, 4) is 33.6 Å². The van der Waals surface area contributed by atoms with Gasteiger partial charge in [0.15, 0.2) is 0 Å². The lowest BCUT2D eigenvalue weighted by Crippen LogP contribution is -1.99. The van der Waals surface area contributed by atoms with Crippen molar-refractivity contribution in [2.45, 2.75) is 0 Å². The monoisotopic (exact) mass is 666 g/mol. The van der Waals surface area contributed by atoms with Crippen LogP contribution in [0.3, 0.4) is 0 Å². The first-order valence-electron chi connectivity index (χ1n) is 17.4. The molecule has 0 fully saturated rings. The third-order valence-corrected chi connectivity index (χ3v) is 11.6. The highest BCUT2D eigenvalue weighted by molar-refractivity contribution is 7.25. The first-order valence-corrected chi connectivity index (χ1v) is 18.3. The predicted octanol–water partition coefficient (Wildman–Crippen LogP) is 13.6. The highest BCUT2D eigenvalue weighted by Gasteiger charge is 2.22. The zero-order valence-electron chi connectivity index (χ0n) is 27.6. The van der Waals surface area contributed by atoms with E-state index in [1.165, 1.54) is 91.7 Å². The number of aromatic nitrogens is 2. The maximum atomic E-state index is 2.54. The second kappa shape index (κ2) is 11.0. The number of thiophene rings is 1. The van der Waals surface area contributed by atoms with Gasteiger partial charge in [0.1, 0.15) is 0 Å². The minimum atomic E-state index is 1.16. The number of benzene rings is 8. The van der Waals surface area contributed by atoms with E-state index >= 15 is 0 Å². The third-order valence-electron chi connectivity index (χ3n) is 10.5. The summed E-state index contributed by atoms with van der Waals surface area (Å²) < 4.78 is 7.60. The number of hydrogen-bond donors (Lipinski definition) is 0. The highest BCUT2D eigenvalue weighted by atomic mass is 32.1. The Bertz CT molecular complexity index is 3130. The standard InChI is InChI=1S/C48H30N2S/c1-3-13-31(14-4-1)32-15-11-16-33(29-32)34-25-28-44-40(30-34)46-43(23-12-24-45(46)51-44)50-42-22-10-8-20-37(42)39-27-26-38-36-19-7-9-21-41(36)49(47(38)48(39)50)35-17-5-2-6-18-35/h1-30H. The Kier molecular flexibility index (Phi) is 6.16. The molecule has 0 aliphatic carbocycles. The molecule has 51 heavy (non-hydrogen) atoms. The summed E-state index contributed by atoms with van der Waals surface area (Å²) in [5.41, 5.74) is 12.2. The summed E-state index contributed by atoms with van der Waals surface area (Å²) in [5.74, 6) is 0. The van der Waals surface area contributed by atoms with E-state index in [-0.39, 0.29) is 0 Å². The van der Waals surface area contributed by atoms with Gasteiger partial charge in [0.2, 0.25) is 0 Å². The summed E-state index contributed by atoms with van der Waals surface area (Å²) in [6.07, 6.45) is 0. The van der Waals surface area contributed by atoms with Gasteiger partial charge in [-0.2, -0.15) is 0 Å².